The molecule has 0 aromatic heterocycles. The molecule has 1 rings (SSSR count). The van der Waals surface area contributed by atoms with Gasteiger partial charge < -0.3 is 10.7 Å². The number of rotatable bonds is 3. The highest BCUT2D eigenvalue weighted by molar-refractivity contribution is 5.85. The Morgan fingerprint density at radius 3 is 2.79 bits per heavy atom. The fourth-order valence-corrected chi connectivity index (χ4v) is 1.05. The van der Waals surface area contributed by atoms with Crippen molar-refractivity contribution >= 4 is 5.91 Å². The van der Waals surface area contributed by atoms with Crippen molar-refractivity contribution in [1.82, 2.24) is 10.4 Å². The maximum absolute atomic E-state index is 10.7. The number of hydrazine groups is 1. The summed E-state index contributed by atoms with van der Waals surface area (Å²) in [5.74, 6) is -0.726. The highest BCUT2D eigenvalue weighted by Gasteiger charge is 2.41. The molecule has 7 nitrogen and oxygen atoms in total. The molecule has 0 saturated carbocycles. The second-order valence-electron chi connectivity index (χ2n) is 2.86. The van der Waals surface area contributed by atoms with Crippen molar-refractivity contribution in [2.75, 3.05) is 7.05 Å². The molecular weight excluding hydrogens is 188 g/mol. The largest absolute Gasteiger partial charge is 0.366 e. The molecular formula is C7H10N4O3. The number of amides is 1. The number of nitro groups is 1. The van der Waals surface area contributed by atoms with Crippen molar-refractivity contribution in [3.05, 3.63) is 34.5 Å². The van der Waals surface area contributed by atoms with Gasteiger partial charge in [0.05, 0.1) is 4.92 Å². The van der Waals surface area contributed by atoms with Gasteiger partial charge in [-0.05, 0) is 0 Å². The first-order valence-corrected chi connectivity index (χ1v) is 3.79. The van der Waals surface area contributed by atoms with Crippen LogP contribution in [0.15, 0.2) is 24.4 Å². The van der Waals surface area contributed by atoms with Crippen molar-refractivity contribution in [3.8, 4) is 0 Å². The van der Waals surface area contributed by atoms with Crippen molar-refractivity contribution in [2.24, 2.45) is 5.73 Å². The lowest BCUT2D eigenvalue weighted by molar-refractivity contribution is -0.550. The molecule has 1 heterocycles. The molecule has 1 atom stereocenters. The van der Waals surface area contributed by atoms with Crippen LogP contribution >= 0.6 is 0 Å². The predicted octanol–water partition coefficient (Wildman–Crippen LogP) is -1.04. The second kappa shape index (κ2) is 3.46. The topological polar surface area (TPSA) is 102 Å². The van der Waals surface area contributed by atoms with E-state index in [0.29, 0.717) is 0 Å². The van der Waals surface area contributed by atoms with Crippen LogP contribution in [-0.4, -0.2) is 28.5 Å². The summed E-state index contributed by atoms with van der Waals surface area (Å²) < 4.78 is 0. The van der Waals surface area contributed by atoms with E-state index in [1.165, 1.54) is 17.3 Å². The van der Waals surface area contributed by atoms with Crippen LogP contribution in [0.1, 0.15) is 0 Å². The monoisotopic (exact) mass is 198 g/mol. The third-order valence-corrected chi connectivity index (χ3v) is 1.71. The molecule has 0 spiro atoms. The fourth-order valence-electron chi connectivity index (χ4n) is 1.05. The zero-order valence-electron chi connectivity index (χ0n) is 7.51. The molecule has 0 aromatic carbocycles. The summed E-state index contributed by atoms with van der Waals surface area (Å²) in [6.45, 7) is 0. The highest BCUT2D eigenvalue weighted by Crippen LogP contribution is 2.16. The smallest absolute Gasteiger partial charge is 0.331 e. The van der Waals surface area contributed by atoms with E-state index in [2.05, 4.69) is 5.43 Å². The summed E-state index contributed by atoms with van der Waals surface area (Å²) in [5.41, 5.74) is 5.84. The van der Waals surface area contributed by atoms with Gasteiger partial charge >= 0.3 is 5.66 Å². The molecule has 76 valence electrons. The predicted molar refractivity (Wildman–Crippen MR) is 48.1 cm³/mol. The molecule has 0 bridgehead atoms. The van der Waals surface area contributed by atoms with Crippen LogP contribution < -0.4 is 11.2 Å². The first kappa shape index (κ1) is 10.2. The Kier molecular flexibility index (Phi) is 2.52. The van der Waals surface area contributed by atoms with Crippen LogP contribution in [0.25, 0.3) is 0 Å². The Balaban J connectivity index is 2.91. The minimum Gasteiger partial charge on any atom is -0.366 e. The van der Waals surface area contributed by atoms with Crippen LogP contribution in [0.4, 0.5) is 0 Å². The molecule has 0 saturated heterocycles. The van der Waals surface area contributed by atoms with E-state index < -0.39 is 16.5 Å². The molecule has 1 amide bonds. The molecule has 0 radical (unpaired) electrons. The van der Waals surface area contributed by atoms with Crippen molar-refractivity contribution in [3.63, 3.8) is 0 Å². The first-order valence-electron chi connectivity index (χ1n) is 3.79. The first-order chi connectivity index (χ1) is 6.46. The average molecular weight is 198 g/mol. The number of primary amides is 1. The lowest BCUT2D eigenvalue weighted by atomic mass is 10.2. The maximum atomic E-state index is 10.7. The molecule has 1 aliphatic heterocycles. The highest BCUT2D eigenvalue weighted by atomic mass is 16.6. The molecule has 0 aliphatic carbocycles. The van der Waals surface area contributed by atoms with Gasteiger partial charge in [0.1, 0.15) is 0 Å². The number of hydrogen-bond donors (Lipinski definition) is 2. The molecule has 3 N–H and O–H groups in total. The second-order valence-corrected chi connectivity index (χ2v) is 2.86. The summed E-state index contributed by atoms with van der Waals surface area (Å²) in [6.07, 6.45) is 4.88. The van der Waals surface area contributed by atoms with Gasteiger partial charge in [0.2, 0.25) is 5.91 Å². The van der Waals surface area contributed by atoms with Gasteiger partial charge in [0.15, 0.2) is 0 Å². The Bertz CT molecular complexity index is 325. The van der Waals surface area contributed by atoms with E-state index in [4.69, 9.17) is 5.73 Å². The van der Waals surface area contributed by atoms with Crippen molar-refractivity contribution < 1.29 is 9.72 Å². The Morgan fingerprint density at radius 2 is 2.43 bits per heavy atom. The van der Waals surface area contributed by atoms with Crippen LogP contribution in [0.2, 0.25) is 0 Å². The number of nitrogens with zero attached hydrogens (tertiary/aromatic N) is 2. The molecule has 0 fully saturated rings. The standard InChI is InChI=1S/C7H10N4O3/c1-10-5-4-7(9-10,11(13)14)3-2-6(8)12/h2-5,9H,1H3,(H2,8,12). The normalized spacial score (nSPS) is 25.9. The number of nitrogens with two attached hydrogens (primary N) is 1. The van der Waals surface area contributed by atoms with E-state index in [1.807, 2.05) is 0 Å². The number of carbonyl (C=O) groups excluding carboxylic acids is 1. The summed E-state index contributed by atoms with van der Waals surface area (Å²) in [7, 11) is 1.61. The number of hydrogen-bond acceptors (Lipinski definition) is 5. The van der Waals surface area contributed by atoms with Crippen LogP contribution in [-0.2, 0) is 4.79 Å². The van der Waals surface area contributed by atoms with Crippen molar-refractivity contribution in [1.29, 1.82) is 0 Å². The molecule has 7 heteroatoms. The number of nitrogens with one attached hydrogen (secondary N) is 1. The summed E-state index contributed by atoms with van der Waals surface area (Å²) in [6, 6.07) is 0. The zero-order chi connectivity index (χ0) is 10.8. The Labute approximate surface area is 80.0 Å². The third-order valence-electron chi connectivity index (χ3n) is 1.71. The Hall–Kier alpha value is -1.89. The van der Waals surface area contributed by atoms with E-state index in [0.717, 1.165) is 12.2 Å². The van der Waals surface area contributed by atoms with E-state index >= 15 is 0 Å². The summed E-state index contributed by atoms with van der Waals surface area (Å²) in [5, 5.41) is 12.2. The van der Waals surface area contributed by atoms with Gasteiger partial charge in [0, 0.05) is 31.5 Å². The average Bonchev–Trinajstić information content (AvgIpc) is 2.45. The minimum absolute atomic E-state index is 0.549. The summed E-state index contributed by atoms with van der Waals surface area (Å²) in [4.78, 5) is 20.6. The van der Waals surface area contributed by atoms with E-state index in [1.54, 1.807) is 7.05 Å². The lowest BCUT2D eigenvalue weighted by Crippen LogP contribution is -2.49. The van der Waals surface area contributed by atoms with Gasteiger partial charge in [-0.15, -0.1) is 0 Å². The molecule has 1 unspecified atom stereocenters. The van der Waals surface area contributed by atoms with Gasteiger partial charge in [-0.2, -0.15) is 5.43 Å². The molecule has 1 aliphatic rings. The quantitative estimate of drug-likeness (QED) is 0.343. The van der Waals surface area contributed by atoms with E-state index in [-0.39, 0.29) is 0 Å². The SMILES string of the molecule is CN1C=CC(C=CC(N)=O)([N+](=O)[O-])N1. The van der Waals surface area contributed by atoms with Crippen LogP contribution in [0.3, 0.4) is 0 Å². The third kappa shape index (κ3) is 1.88. The van der Waals surface area contributed by atoms with Crippen LogP contribution in [0, 0.1) is 10.1 Å². The van der Waals surface area contributed by atoms with Gasteiger partial charge in [0.25, 0.3) is 0 Å². The minimum atomic E-state index is -1.57. The summed E-state index contributed by atoms with van der Waals surface area (Å²) >= 11 is 0. The molecule has 0 aromatic rings. The maximum Gasteiger partial charge on any atom is 0.331 e. The van der Waals surface area contributed by atoms with Crippen LogP contribution in [0.5, 0.6) is 0 Å². The lowest BCUT2D eigenvalue weighted by Gasteiger charge is -2.17. The number of carbonyl (C=O) groups is 1. The van der Waals surface area contributed by atoms with Crippen molar-refractivity contribution in [2.45, 2.75) is 5.66 Å². The Morgan fingerprint density at radius 1 is 1.79 bits per heavy atom. The van der Waals surface area contributed by atoms with Gasteiger partial charge in [-0.25, -0.2) is 0 Å². The molecule has 14 heavy (non-hydrogen) atoms. The van der Waals surface area contributed by atoms with E-state index in [9.17, 15) is 14.9 Å². The fraction of sp³-hybridized carbons (Fsp3) is 0.286. The van der Waals surface area contributed by atoms with Gasteiger partial charge in [-0.1, -0.05) is 0 Å². The van der Waals surface area contributed by atoms with Gasteiger partial charge in [-0.3, -0.25) is 14.9 Å². The zero-order valence-corrected chi connectivity index (χ0v) is 7.51.